The van der Waals surface area contributed by atoms with E-state index in [1.165, 1.54) is 25.3 Å². The number of aliphatic hydroxyl groups is 2. The van der Waals surface area contributed by atoms with Crippen molar-refractivity contribution in [3.63, 3.8) is 0 Å². The van der Waals surface area contributed by atoms with E-state index in [0.717, 1.165) is 5.56 Å². The van der Waals surface area contributed by atoms with Gasteiger partial charge in [0.15, 0.2) is 5.78 Å². The van der Waals surface area contributed by atoms with Crippen LogP contribution in [-0.2, 0) is 0 Å². The number of rotatable bonds is 4. The molecule has 0 fully saturated rings. The SMILES string of the molecule is COc1ccc(C(=O)/C=C/c2ccc(O)cc2)c2c1[C@H](O)[C@H](O)C(C)(C)O2. The summed E-state index contributed by atoms with van der Waals surface area (Å²) in [6.45, 7) is 3.29. The molecular weight excluding hydrogens is 348 g/mol. The second-order valence-corrected chi connectivity index (χ2v) is 6.94. The maximum Gasteiger partial charge on any atom is 0.189 e. The van der Waals surface area contributed by atoms with Crippen molar-refractivity contribution >= 4 is 11.9 Å². The minimum atomic E-state index is -1.24. The number of carbonyl (C=O) groups is 1. The van der Waals surface area contributed by atoms with Gasteiger partial charge in [0.05, 0.1) is 18.2 Å². The number of fused-ring (bicyclic) bond motifs is 1. The number of methoxy groups -OCH3 is 1. The molecule has 0 unspecified atom stereocenters. The van der Waals surface area contributed by atoms with E-state index in [1.807, 2.05) is 0 Å². The van der Waals surface area contributed by atoms with Crippen molar-refractivity contribution in [3.05, 3.63) is 59.2 Å². The summed E-state index contributed by atoms with van der Waals surface area (Å²) in [6, 6.07) is 9.57. The number of carbonyl (C=O) groups excluding carboxylic acids is 1. The number of allylic oxidation sites excluding steroid dienone is 1. The van der Waals surface area contributed by atoms with Crippen LogP contribution in [-0.4, -0.2) is 39.9 Å². The van der Waals surface area contributed by atoms with Crippen LogP contribution in [0.2, 0.25) is 0 Å². The van der Waals surface area contributed by atoms with E-state index in [-0.39, 0.29) is 28.4 Å². The number of ether oxygens (including phenoxy) is 2. The molecule has 6 heteroatoms. The first kappa shape index (κ1) is 18.9. The molecular formula is C21H22O6. The minimum Gasteiger partial charge on any atom is -0.508 e. The number of hydrogen-bond acceptors (Lipinski definition) is 6. The van der Waals surface area contributed by atoms with Gasteiger partial charge in [-0.25, -0.2) is 0 Å². The first-order valence-electron chi connectivity index (χ1n) is 8.52. The Bertz CT molecular complexity index is 882. The number of phenols is 1. The molecule has 27 heavy (non-hydrogen) atoms. The maximum absolute atomic E-state index is 12.8. The van der Waals surface area contributed by atoms with Crippen molar-refractivity contribution in [2.24, 2.45) is 0 Å². The number of phenolic OH excluding ortho intramolecular Hbond substituents is 1. The van der Waals surface area contributed by atoms with E-state index in [1.54, 1.807) is 44.2 Å². The number of benzene rings is 2. The number of hydrogen-bond donors (Lipinski definition) is 3. The van der Waals surface area contributed by atoms with E-state index in [4.69, 9.17) is 9.47 Å². The molecule has 1 aliphatic rings. The quantitative estimate of drug-likeness (QED) is 0.566. The van der Waals surface area contributed by atoms with Crippen LogP contribution in [0.4, 0.5) is 0 Å². The third kappa shape index (κ3) is 3.54. The van der Waals surface area contributed by atoms with Crippen LogP contribution in [0.3, 0.4) is 0 Å². The lowest BCUT2D eigenvalue weighted by molar-refractivity contribution is -0.112. The van der Waals surface area contributed by atoms with E-state index in [0.29, 0.717) is 5.75 Å². The summed E-state index contributed by atoms with van der Waals surface area (Å²) in [5.41, 5.74) is 0.197. The van der Waals surface area contributed by atoms with Crippen molar-refractivity contribution in [2.45, 2.75) is 31.7 Å². The summed E-state index contributed by atoms with van der Waals surface area (Å²) in [5, 5.41) is 30.2. The summed E-state index contributed by atoms with van der Waals surface area (Å²) in [4.78, 5) is 12.8. The van der Waals surface area contributed by atoms with Crippen molar-refractivity contribution in [3.8, 4) is 17.2 Å². The Kier molecular flexibility index (Phi) is 4.95. The topological polar surface area (TPSA) is 96.2 Å². The average Bonchev–Trinajstić information content (AvgIpc) is 2.64. The minimum absolute atomic E-state index is 0.144. The summed E-state index contributed by atoms with van der Waals surface area (Å²) < 4.78 is 11.2. The van der Waals surface area contributed by atoms with Gasteiger partial charge in [-0.3, -0.25) is 4.79 Å². The molecule has 0 spiro atoms. The first-order chi connectivity index (χ1) is 12.7. The van der Waals surface area contributed by atoms with Gasteiger partial charge < -0.3 is 24.8 Å². The maximum atomic E-state index is 12.8. The Morgan fingerprint density at radius 3 is 2.44 bits per heavy atom. The molecule has 142 valence electrons. The van der Waals surface area contributed by atoms with Gasteiger partial charge in [0, 0.05) is 0 Å². The monoisotopic (exact) mass is 370 g/mol. The van der Waals surface area contributed by atoms with Crippen LogP contribution < -0.4 is 9.47 Å². The van der Waals surface area contributed by atoms with Gasteiger partial charge in [0.25, 0.3) is 0 Å². The predicted molar refractivity (Wildman–Crippen MR) is 100 cm³/mol. The third-order valence-corrected chi connectivity index (χ3v) is 4.63. The molecule has 2 aromatic carbocycles. The Morgan fingerprint density at radius 2 is 1.81 bits per heavy atom. The zero-order valence-electron chi connectivity index (χ0n) is 15.3. The molecule has 0 radical (unpaired) electrons. The molecule has 0 aromatic heterocycles. The van der Waals surface area contributed by atoms with Crippen LogP contribution in [0.1, 0.15) is 41.4 Å². The van der Waals surface area contributed by atoms with Crippen molar-refractivity contribution in [1.82, 2.24) is 0 Å². The summed E-state index contributed by atoms with van der Waals surface area (Å²) in [7, 11) is 1.45. The normalized spacial score (nSPS) is 20.8. The largest absolute Gasteiger partial charge is 0.508 e. The van der Waals surface area contributed by atoms with Crippen LogP contribution in [0.25, 0.3) is 6.08 Å². The van der Waals surface area contributed by atoms with Crippen molar-refractivity contribution in [1.29, 1.82) is 0 Å². The first-order valence-corrected chi connectivity index (χ1v) is 8.52. The molecule has 1 heterocycles. The number of aliphatic hydroxyl groups excluding tert-OH is 2. The second-order valence-electron chi connectivity index (χ2n) is 6.94. The van der Waals surface area contributed by atoms with Gasteiger partial charge in [-0.05, 0) is 49.8 Å². The zero-order valence-corrected chi connectivity index (χ0v) is 15.3. The standard InChI is InChI=1S/C21H22O6/c1-21(2)20(25)18(24)17-16(26-3)11-9-14(19(17)27-21)15(23)10-6-12-4-7-13(22)8-5-12/h4-11,18,20,22,24-25H,1-3H3/b10-6+/t18-,20-/m0/s1. The van der Waals surface area contributed by atoms with Gasteiger partial charge in [-0.1, -0.05) is 18.2 Å². The number of ketones is 1. The van der Waals surface area contributed by atoms with Gasteiger partial charge in [0.1, 0.15) is 35.1 Å². The van der Waals surface area contributed by atoms with Gasteiger partial charge in [-0.2, -0.15) is 0 Å². The molecule has 6 nitrogen and oxygen atoms in total. The van der Waals surface area contributed by atoms with E-state index in [9.17, 15) is 20.1 Å². The molecule has 0 aliphatic carbocycles. The highest BCUT2D eigenvalue weighted by atomic mass is 16.5. The Labute approximate surface area is 157 Å². The molecule has 0 saturated heterocycles. The molecule has 3 N–H and O–H groups in total. The zero-order chi connectivity index (χ0) is 19.8. The number of aromatic hydroxyl groups is 1. The second kappa shape index (κ2) is 7.06. The fraction of sp³-hybridized carbons (Fsp3) is 0.286. The van der Waals surface area contributed by atoms with Crippen molar-refractivity contribution in [2.75, 3.05) is 7.11 Å². The molecule has 2 atom stereocenters. The molecule has 3 rings (SSSR count). The van der Waals surface area contributed by atoms with Crippen molar-refractivity contribution < 1.29 is 29.6 Å². The van der Waals surface area contributed by atoms with Gasteiger partial charge in [-0.15, -0.1) is 0 Å². The predicted octanol–water partition coefficient (Wildman–Crippen LogP) is 2.86. The van der Waals surface area contributed by atoms with E-state index >= 15 is 0 Å². The fourth-order valence-corrected chi connectivity index (χ4v) is 3.05. The summed E-state index contributed by atoms with van der Waals surface area (Å²) in [6.07, 6.45) is 0.601. The van der Waals surface area contributed by atoms with Crippen LogP contribution in [0.5, 0.6) is 17.2 Å². The molecule has 1 aliphatic heterocycles. The van der Waals surface area contributed by atoms with Crippen LogP contribution in [0, 0.1) is 0 Å². The highest BCUT2D eigenvalue weighted by Crippen LogP contribution is 2.46. The highest BCUT2D eigenvalue weighted by molar-refractivity contribution is 6.09. The molecule has 2 aromatic rings. The molecule has 0 amide bonds. The molecule has 0 bridgehead atoms. The highest BCUT2D eigenvalue weighted by Gasteiger charge is 2.45. The average molecular weight is 370 g/mol. The van der Waals surface area contributed by atoms with E-state index < -0.39 is 17.8 Å². The lowest BCUT2D eigenvalue weighted by Crippen LogP contribution is -2.49. The van der Waals surface area contributed by atoms with Crippen LogP contribution >= 0.6 is 0 Å². The van der Waals surface area contributed by atoms with Gasteiger partial charge >= 0.3 is 0 Å². The van der Waals surface area contributed by atoms with Gasteiger partial charge in [0.2, 0.25) is 0 Å². The fourth-order valence-electron chi connectivity index (χ4n) is 3.05. The third-order valence-electron chi connectivity index (χ3n) is 4.63. The Balaban J connectivity index is 2.01. The lowest BCUT2D eigenvalue weighted by atomic mass is 9.86. The van der Waals surface area contributed by atoms with E-state index in [2.05, 4.69) is 0 Å². The summed E-state index contributed by atoms with van der Waals surface area (Å²) in [5.74, 6) is 0.371. The Hall–Kier alpha value is -2.83. The molecule has 0 saturated carbocycles. The summed E-state index contributed by atoms with van der Waals surface area (Å²) >= 11 is 0. The lowest BCUT2D eigenvalue weighted by Gasteiger charge is -2.41. The smallest absolute Gasteiger partial charge is 0.189 e. The van der Waals surface area contributed by atoms with Crippen LogP contribution in [0.15, 0.2) is 42.5 Å². The Morgan fingerprint density at radius 1 is 1.15 bits per heavy atom.